The summed E-state index contributed by atoms with van der Waals surface area (Å²) >= 11 is 0. The summed E-state index contributed by atoms with van der Waals surface area (Å²) in [6, 6.07) is 7.95. The molecule has 1 aromatic carbocycles. The van der Waals surface area contributed by atoms with Gasteiger partial charge in [0.05, 0.1) is 17.7 Å². The van der Waals surface area contributed by atoms with Crippen molar-refractivity contribution in [3.63, 3.8) is 0 Å². The van der Waals surface area contributed by atoms with Gasteiger partial charge in [-0.3, -0.25) is 4.39 Å². The predicted molar refractivity (Wildman–Crippen MR) is 55.1 cm³/mol. The highest BCUT2D eigenvalue weighted by atomic mass is 19.1. The first-order chi connectivity index (χ1) is 6.83. The predicted octanol–water partition coefficient (Wildman–Crippen LogP) is 2.70. The van der Waals surface area contributed by atoms with Crippen molar-refractivity contribution in [1.29, 1.82) is 0 Å². The third-order valence-electron chi connectivity index (χ3n) is 2.36. The van der Waals surface area contributed by atoms with Crippen LogP contribution in [0, 0.1) is 6.92 Å². The Bertz CT molecular complexity index is 434. The zero-order chi connectivity index (χ0) is 9.97. The van der Waals surface area contributed by atoms with Gasteiger partial charge in [-0.25, -0.2) is 4.98 Å². The Labute approximate surface area is 82.4 Å². The SMILES string of the molecule is Cc1nc2ccccc2n1CCCF. The van der Waals surface area contributed by atoms with Crippen molar-refractivity contribution in [2.75, 3.05) is 6.67 Å². The van der Waals surface area contributed by atoms with Gasteiger partial charge in [0, 0.05) is 6.54 Å². The molecule has 14 heavy (non-hydrogen) atoms. The summed E-state index contributed by atoms with van der Waals surface area (Å²) in [6.07, 6.45) is 0.557. The molecule has 0 N–H and O–H groups in total. The number of nitrogens with zero attached hydrogens (tertiary/aromatic N) is 2. The molecule has 0 aliphatic carbocycles. The van der Waals surface area contributed by atoms with Crippen molar-refractivity contribution in [3.8, 4) is 0 Å². The molecule has 2 rings (SSSR count). The van der Waals surface area contributed by atoms with E-state index in [9.17, 15) is 4.39 Å². The van der Waals surface area contributed by atoms with E-state index in [-0.39, 0.29) is 6.67 Å². The van der Waals surface area contributed by atoms with Gasteiger partial charge in [-0.05, 0) is 25.5 Å². The molecular weight excluding hydrogens is 179 g/mol. The monoisotopic (exact) mass is 192 g/mol. The average Bonchev–Trinajstić information content (AvgIpc) is 2.51. The highest BCUT2D eigenvalue weighted by Crippen LogP contribution is 2.15. The Morgan fingerprint density at radius 2 is 2.14 bits per heavy atom. The fraction of sp³-hybridized carbons (Fsp3) is 0.364. The maximum Gasteiger partial charge on any atom is 0.106 e. The van der Waals surface area contributed by atoms with Gasteiger partial charge in [-0.2, -0.15) is 0 Å². The molecule has 0 bridgehead atoms. The molecule has 74 valence electrons. The number of fused-ring (bicyclic) bond motifs is 1. The average molecular weight is 192 g/mol. The van der Waals surface area contributed by atoms with Crippen molar-refractivity contribution in [1.82, 2.24) is 9.55 Å². The Hall–Kier alpha value is -1.38. The van der Waals surface area contributed by atoms with Gasteiger partial charge < -0.3 is 4.57 Å². The van der Waals surface area contributed by atoms with E-state index in [1.807, 2.05) is 31.2 Å². The molecule has 0 atom stereocenters. The second-order valence-corrected chi connectivity index (χ2v) is 3.34. The van der Waals surface area contributed by atoms with E-state index in [1.54, 1.807) is 0 Å². The summed E-state index contributed by atoms with van der Waals surface area (Å²) < 4.78 is 14.1. The van der Waals surface area contributed by atoms with Gasteiger partial charge in [0.1, 0.15) is 5.82 Å². The molecular formula is C11H13FN2. The lowest BCUT2D eigenvalue weighted by molar-refractivity contribution is 0.447. The van der Waals surface area contributed by atoms with E-state index in [2.05, 4.69) is 9.55 Å². The molecule has 2 aromatic rings. The van der Waals surface area contributed by atoms with Crippen LogP contribution in [0.4, 0.5) is 4.39 Å². The zero-order valence-corrected chi connectivity index (χ0v) is 8.20. The maximum absolute atomic E-state index is 12.1. The fourth-order valence-corrected chi connectivity index (χ4v) is 1.70. The number of benzene rings is 1. The Morgan fingerprint density at radius 1 is 1.36 bits per heavy atom. The third-order valence-corrected chi connectivity index (χ3v) is 2.36. The number of imidazole rings is 1. The standard InChI is InChI=1S/C11H13FN2/c1-9-13-10-5-2-3-6-11(10)14(9)8-4-7-12/h2-3,5-6H,4,7-8H2,1H3. The van der Waals surface area contributed by atoms with Crippen LogP contribution in [0.15, 0.2) is 24.3 Å². The van der Waals surface area contributed by atoms with E-state index in [0.29, 0.717) is 13.0 Å². The first-order valence-corrected chi connectivity index (χ1v) is 4.81. The number of halogens is 1. The van der Waals surface area contributed by atoms with Gasteiger partial charge in [-0.1, -0.05) is 12.1 Å². The topological polar surface area (TPSA) is 17.8 Å². The van der Waals surface area contributed by atoms with Crippen LogP contribution in [0.1, 0.15) is 12.2 Å². The first-order valence-electron chi connectivity index (χ1n) is 4.81. The Kier molecular flexibility index (Phi) is 2.48. The van der Waals surface area contributed by atoms with Crippen molar-refractivity contribution in [2.45, 2.75) is 19.9 Å². The minimum absolute atomic E-state index is 0.272. The van der Waals surface area contributed by atoms with Crippen LogP contribution in [-0.4, -0.2) is 16.2 Å². The van der Waals surface area contributed by atoms with E-state index < -0.39 is 0 Å². The molecule has 0 radical (unpaired) electrons. The number of rotatable bonds is 3. The zero-order valence-electron chi connectivity index (χ0n) is 8.20. The summed E-state index contributed by atoms with van der Waals surface area (Å²) in [4.78, 5) is 4.41. The molecule has 0 fully saturated rings. The number of para-hydroxylation sites is 2. The second kappa shape index (κ2) is 3.78. The molecule has 0 spiro atoms. The minimum Gasteiger partial charge on any atom is -0.328 e. The van der Waals surface area contributed by atoms with E-state index in [1.165, 1.54) is 0 Å². The van der Waals surface area contributed by atoms with Gasteiger partial charge in [0.15, 0.2) is 0 Å². The van der Waals surface area contributed by atoms with Crippen molar-refractivity contribution in [3.05, 3.63) is 30.1 Å². The van der Waals surface area contributed by atoms with Crippen molar-refractivity contribution >= 4 is 11.0 Å². The fourth-order valence-electron chi connectivity index (χ4n) is 1.70. The number of aromatic nitrogens is 2. The van der Waals surface area contributed by atoms with E-state index in [4.69, 9.17) is 0 Å². The molecule has 0 aliphatic rings. The number of hydrogen-bond donors (Lipinski definition) is 0. The molecule has 0 aliphatic heterocycles. The summed E-state index contributed by atoms with van der Waals surface area (Å²) in [5, 5.41) is 0. The third kappa shape index (κ3) is 1.50. The highest BCUT2D eigenvalue weighted by molar-refractivity contribution is 5.75. The van der Waals surface area contributed by atoms with Crippen molar-refractivity contribution in [2.24, 2.45) is 0 Å². The lowest BCUT2D eigenvalue weighted by Crippen LogP contribution is -2.00. The lowest BCUT2D eigenvalue weighted by atomic mass is 10.3. The lowest BCUT2D eigenvalue weighted by Gasteiger charge is -2.03. The minimum atomic E-state index is -0.272. The van der Waals surface area contributed by atoms with Crippen LogP contribution < -0.4 is 0 Å². The largest absolute Gasteiger partial charge is 0.328 e. The van der Waals surface area contributed by atoms with Crippen LogP contribution in [0.3, 0.4) is 0 Å². The molecule has 0 amide bonds. The molecule has 1 aromatic heterocycles. The summed E-state index contributed by atoms with van der Waals surface area (Å²) in [5.74, 6) is 0.958. The molecule has 2 nitrogen and oxygen atoms in total. The number of aryl methyl sites for hydroxylation is 2. The van der Waals surface area contributed by atoms with Crippen LogP contribution in [-0.2, 0) is 6.54 Å². The van der Waals surface area contributed by atoms with Crippen molar-refractivity contribution < 1.29 is 4.39 Å². The van der Waals surface area contributed by atoms with Crippen LogP contribution in [0.2, 0.25) is 0 Å². The quantitative estimate of drug-likeness (QED) is 0.731. The summed E-state index contributed by atoms with van der Waals surface area (Å²) in [6.45, 7) is 2.40. The van der Waals surface area contributed by atoms with E-state index >= 15 is 0 Å². The molecule has 0 saturated carbocycles. The normalized spacial score (nSPS) is 11.0. The van der Waals surface area contributed by atoms with Crippen LogP contribution >= 0.6 is 0 Å². The van der Waals surface area contributed by atoms with Gasteiger partial charge >= 0.3 is 0 Å². The first kappa shape index (κ1) is 9.19. The van der Waals surface area contributed by atoms with Gasteiger partial charge in [0.2, 0.25) is 0 Å². The maximum atomic E-state index is 12.1. The Balaban J connectivity index is 2.45. The highest BCUT2D eigenvalue weighted by Gasteiger charge is 2.05. The molecule has 0 unspecified atom stereocenters. The summed E-state index contributed by atoms with van der Waals surface area (Å²) in [7, 11) is 0. The van der Waals surface area contributed by atoms with Gasteiger partial charge in [0.25, 0.3) is 0 Å². The Morgan fingerprint density at radius 3 is 2.93 bits per heavy atom. The molecule has 3 heteroatoms. The number of hydrogen-bond acceptors (Lipinski definition) is 1. The van der Waals surface area contributed by atoms with Gasteiger partial charge in [-0.15, -0.1) is 0 Å². The van der Waals surface area contributed by atoms with Crippen LogP contribution in [0.5, 0.6) is 0 Å². The van der Waals surface area contributed by atoms with E-state index in [0.717, 1.165) is 16.9 Å². The smallest absolute Gasteiger partial charge is 0.106 e. The van der Waals surface area contributed by atoms with Crippen LogP contribution in [0.25, 0.3) is 11.0 Å². The second-order valence-electron chi connectivity index (χ2n) is 3.34. The number of alkyl halides is 1. The molecule has 1 heterocycles. The summed E-state index contributed by atoms with van der Waals surface area (Å²) in [5.41, 5.74) is 2.09. The molecule has 0 saturated heterocycles.